The molecule has 0 bridgehead atoms. The fourth-order valence-corrected chi connectivity index (χ4v) is 4.99. The van der Waals surface area contributed by atoms with Crippen molar-refractivity contribution in [3.05, 3.63) is 96.8 Å². The maximum Gasteiger partial charge on any atom is 0.416 e. The molecule has 3 aromatic rings. The standard InChI is InChI=1S/C29H28Cl2F3N3OS/c30-21-11-14-26(24(31)17-21)37-28(23(18-38)25(36)5-3-1-2-4-16-35)27-15-13-22(39-27)12-8-19-6-9-20(10-7-19)29(32,33)34/h6-7,9-11,13-15,17,38H,1-5,16,18,35-36H2/b25-23-,37-28?. The van der Waals surface area contributed by atoms with Crippen molar-refractivity contribution in [1.82, 2.24) is 0 Å². The first kappa shape index (κ1) is 30.7. The topological polar surface area (TPSA) is 84.6 Å². The van der Waals surface area contributed by atoms with Crippen LogP contribution in [0, 0.1) is 11.8 Å². The zero-order chi connectivity index (χ0) is 28.4. The third-order valence-electron chi connectivity index (χ3n) is 5.76. The summed E-state index contributed by atoms with van der Waals surface area (Å²) in [6.45, 7) is 0.317. The van der Waals surface area contributed by atoms with Crippen LogP contribution in [0.4, 0.5) is 18.9 Å². The number of benzene rings is 2. The van der Waals surface area contributed by atoms with Crippen LogP contribution in [0.1, 0.15) is 53.0 Å². The summed E-state index contributed by atoms with van der Waals surface area (Å²) in [4.78, 5) is 6.12. The molecule has 0 saturated heterocycles. The molecule has 5 N–H and O–H groups in total. The van der Waals surface area contributed by atoms with Crippen LogP contribution >= 0.6 is 34.5 Å². The second-order valence-electron chi connectivity index (χ2n) is 8.66. The van der Waals surface area contributed by atoms with E-state index in [2.05, 4.69) is 11.8 Å². The fourth-order valence-electron chi connectivity index (χ4n) is 3.67. The number of halogens is 5. The number of unbranched alkanes of at least 4 members (excludes halogenated alkanes) is 3. The quantitative estimate of drug-likeness (QED) is 0.128. The first-order valence-corrected chi connectivity index (χ1v) is 13.8. The molecule has 0 saturated carbocycles. The summed E-state index contributed by atoms with van der Waals surface area (Å²) in [6.07, 6.45) is -0.0516. The van der Waals surface area contributed by atoms with Crippen molar-refractivity contribution < 1.29 is 18.3 Å². The van der Waals surface area contributed by atoms with Gasteiger partial charge in [-0.2, -0.15) is 13.2 Å². The highest BCUT2D eigenvalue weighted by Crippen LogP contribution is 2.32. The molecule has 39 heavy (non-hydrogen) atoms. The highest BCUT2D eigenvalue weighted by atomic mass is 35.5. The maximum absolute atomic E-state index is 12.8. The molecule has 4 nitrogen and oxygen atoms in total. The molecule has 0 aliphatic rings. The molecule has 0 fully saturated rings. The van der Waals surface area contributed by atoms with Crippen molar-refractivity contribution in [3.63, 3.8) is 0 Å². The summed E-state index contributed by atoms with van der Waals surface area (Å²) in [5, 5.41) is 11.1. The molecule has 0 unspecified atom stereocenters. The third kappa shape index (κ3) is 9.13. The van der Waals surface area contributed by atoms with E-state index < -0.39 is 11.7 Å². The largest absolute Gasteiger partial charge is 0.416 e. The van der Waals surface area contributed by atoms with Crippen LogP contribution < -0.4 is 11.5 Å². The Morgan fingerprint density at radius 1 is 0.949 bits per heavy atom. The van der Waals surface area contributed by atoms with Crippen molar-refractivity contribution >= 4 is 45.9 Å². The number of nitrogens with zero attached hydrogens (tertiary/aromatic N) is 1. The predicted molar refractivity (Wildman–Crippen MR) is 155 cm³/mol. The molecule has 3 rings (SSSR count). The number of aliphatic hydroxyl groups excluding tert-OH is 1. The minimum Gasteiger partial charge on any atom is -0.402 e. The van der Waals surface area contributed by atoms with Gasteiger partial charge in [-0.15, -0.1) is 11.3 Å². The Labute approximate surface area is 240 Å². The lowest BCUT2D eigenvalue weighted by atomic mass is 10.0. The van der Waals surface area contributed by atoms with E-state index in [1.54, 1.807) is 24.3 Å². The normalized spacial score (nSPS) is 12.6. The highest BCUT2D eigenvalue weighted by molar-refractivity contribution is 7.14. The van der Waals surface area contributed by atoms with E-state index >= 15 is 0 Å². The van der Waals surface area contributed by atoms with E-state index in [-0.39, 0.29) is 6.61 Å². The number of allylic oxidation sites excluding steroid dienone is 1. The van der Waals surface area contributed by atoms with Gasteiger partial charge >= 0.3 is 6.18 Å². The number of rotatable bonds is 10. The van der Waals surface area contributed by atoms with E-state index in [0.717, 1.165) is 37.8 Å². The van der Waals surface area contributed by atoms with Gasteiger partial charge < -0.3 is 16.6 Å². The van der Waals surface area contributed by atoms with E-state index in [9.17, 15) is 18.3 Å². The number of thiophene rings is 1. The molecule has 1 heterocycles. The second-order valence-corrected chi connectivity index (χ2v) is 10.6. The second kappa shape index (κ2) is 14.5. The zero-order valence-corrected chi connectivity index (χ0v) is 23.3. The highest BCUT2D eigenvalue weighted by Gasteiger charge is 2.29. The predicted octanol–water partition coefficient (Wildman–Crippen LogP) is 7.71. The van der Waals surface area contributed by atoms with E-state index in [4.69, 9.17) is 39.7 Å². The van der Waals surface area contributed by atoms with Gasteiger partial charge in [-0.05, 0) is 80.4 Å². The van der Waals surface area contributed by atoms with E-state index in [1.807, 2.05) is 6.07 Å². The Balaban J connectivity index is 1.95. The van der Waals surface area contributed by atoms with Crippen LogP contribution in [0.15, 0.2) is 70.9 Å². The monoisotopic (exact) mass is 593 g/mol. The summed E-state index contributed by atoms with van der Waals surface area (Å²) in [5.41, 5.74) is 13.7. The average Bonchev–Trinajstić information content (AvgIpc) is 3.37. The van der Waals surface area contributed by atoms with Crippen LogP contribution in [0.2, 0.25) is 10.0 Å². The van der Waals surface area contributed by atoms with Gasteiger partial charge in [-0.3, -0.25) is 0 Å². The SMILES string of the molecule is NCCCCCC/C(N)=C(\CO)C(=Nc1ccc(Cl)cc1Cl)c1ccc(C#Cc2ccc(C(F)(F)F)cc2)s1. The lowest BCUT2D eigenvalue weighted by molar-refractivity contribution is -0.137. The fraction of sp³-hybridized carbons (Fsp3) is 0.276. The number of aliphatic hydroxyl groups is 1. The Morgan fingerprint density at radius 3 is 2.31 bits per heavy atom. The number of hydrogen-bond donors (Lipinski definition) is 3. The van der Waals surface area contributed by atoms with Crippen molar-refractivity contribution in [3.8, 4) is 11.8 Å². The van der Waals surface area contributed by atoms with Crippen molar-refractivity contribution in [2.45, 2.75) is 38.3 Å². The number of nitrogens with two attached hydrogens (primary N) is 2. The van der Waals surface area contributed by atoms with Crippen LogP contribution in [0.5, 0.6) is 0 Å². The van der Waals surface area contributed by atoms with E-state index in [1.165, 1.54) is 23.5 Å². The Kier molecular flexibility index (Phi) is 11.5. The van der Waals surface area contributed by atoms with Crippen molar-refractivity contribution in [2.75, 3.05) is 13.2 Å². The summed E-state index contributed by atoms with van der Waals surface area (Å²) in [7, 11) is 0. The van der Waals surface area contributed by atoms with Crippen LogP contribution in [0.25, 0.3) is 0 Å². The van der Waals surface area contributed by atoms with Gasteiger partial charge in [-0.1, -0.05) is 47.9 Å². The molecule has 0 spiro atoms. The lowest BCUT2D eigenvalue weighted by Crippen LogP contribution is -2.15. The summed E-state index contributed by atoms with van der Waals surface area (Å²) in [6, 6.07) is 13.2. The van der Waals surface area contributed by atoms with Gasteiger partial charge in [0, 0.05) is 21.9 Å². The Bertz CT molecular complexity index is 1390. The zero-order valence-electron chi connectivity index (χ0n) is 21.0. The molecular weight excluding hydrogens is 566 g/mol. The van der Waals surface area contributed by atoms with Crippen LogP contribution in [0.3, 0.4) is 0 Å². The van der Waals surface area contributed by atoms with Gasteiger partial charge in [0.2, 0.25) is 0 Å². The van der Waals surface area contributed by atoms with Crippen molar-refractivity contribution in [1.29, 1.82) is 0 Å². The summed E-state index contributed by atoms with van der Waals surface area (Å²) in [5.74, 6) is 5.88. The molecular formula is C29H28Cl2F3N3OS. The van der Waals surface area contributed by atoms with Gasteiger partial charge in [0.15, 0.2) is 0 Å². The van der Waals surface area contributed by atoms with Crippen molar-refractivity contribution in [2.24, 2.45) is 16.5 Å². The molecule has 0 amide bonds. The molecule has 2 aromatic carbocycles. The molecule has 0 aliphatic heterocycles. The lowest BCUT2D eigenvalue weighted by Gasteiger charge is -2.13. The van der Waals surface area contributed by atoms with Gasteiger partial charge in [-0.25, -0.2) is 4.99 Å². The minimum atomic E-state index is -4.40. The van der Waals surface area contributed by atoms with Gasteiger partial charge in [0.1, 0.15) is 0 Å². The number of alkyl halides is 3. The van der Waals surface area contributed by atoms with E-state index in [0.29, 0.717) is 61.0 Å². The first-order chi connectivity index (χ1) is 18.6. The molecule has 1 aromatic heterocycles. The molecule has 206 valence electrons. The van der Waals surface area contributed by atoms with Gasteiger partial charge in [0.05, 0.1) is 38.3 Å². The Morgan fingerprint density at radius 2 is 1.67 bits per heavy atom. The molecule has 10 heteroatoms. The number of hydrogen-bond acceptors (Lipinski definition) is 5. The first-order valence-electron chi connectivity index (χ1n) is 12.2. The Hall–Kier alpha value is -2.80. The average molecular weight is 595 g/mol. The third-order valence-corrected chi connectivity index (χ3v) is 7.30. The van der Waals surface area contributed by atoms with Crippen LogP contribution in [-0.4, -0.2) is 24.0 Å². The smallest absolute Gasteiger partial charge is 0.402 e. The minimum absolute atomic E-state index is 0.330. The van der Waals surface area contributed by atoms with Crippen LogP contribution in [-0.2, 0) is 6.18 Å². The maximum atomic E-state index is 12.8. The molecule has 0 atom stereocenters. The molecule has 0 aliphatic carbocycles. The summed E-state index contributed by atoms with van der Waals surface area (Å²) >= 11 is 13.8. The van der Waals surface area contributed by atoms with Gasteiger partial charge in [0.25, 0.3) is 0 Å². The summed E-state index contributed by atoms with van der Waals surface area (Å²) < 4.78 is 38.5. The number of aliphatic imine (C=N–C) groups is 1. The molecule has 0 radical (unpaired) electrons.